The number of para-hydroxylation sites is 1. The van der Waals surface area contributed by atoms with E-state index in [0.29, 0.717) is 17.3 Å². The van der Waals surface area contributed by atoms with Crippen LogP contribution in [0.4, 0.5) is 5.69 Å². The number of unbranched alkanes of at least 4 members (excludes halogenated alkanes) is 1. The fourth-order valence-corrected chi connectivity index (χ4v) is 4.34. The molecule has 0 bridgehead atoms. The highest BCUT2D eigenvalue weighted by atomic mass is 35.5. The largest absolute Gasteiger partial charge is 0.266 e. The lowest BCUT2D eigenvalue weighted by molar-refractivity contribution is 0.589. The number of rotatable bonds is 6. The highest BCUT2D eigenvalue weighted by molar-refractivity contribution is 7.93. The van der Waals surface area contributed by atoms with E-state index in [1.807, 2.05) is 25.1 Å². The van der Waals surface area contributed by atoms with Crippen LogP contribution in [0.25, 0.3) is 0 Å². The van der Waals surface area contributed by atoms with E-state index in [0.717, 1.165) is 12.8 Å². The van der Waals surface area contributed by atoms with E-state index in [9.17, 15) is 8.42 Å². The first kappa shape index (κ1) is 17.1. The van der Waals surface area contributed by atoms with Crippen molar-refractivity contribution in [3.63, 3.8) is 0 Å². The summed E-state index contributed by atoms with van der Waals surface area (Å²) in [5, 5.41) is 0.536. The zero-order valence-corrected chi connectivity index (χ0v) is 14.5. The second-order valence-corrected chi connectivity index (χ2v) is 7.52. The number of hydrogen-bond acceptors (Lipinski definition) is 2. The summed E-state index contributed by atoms with van der Waals surface area (Å²) in [4.78, 5) is 0.0681. The maximum atomic E-state index is 13.0. The Morgan fingerprint density at radius 2 is 1.73 bits per heavy atom. The van der Waals surface area contributed by atoms with Gasteiger partial charge in [0.1, 0.15) is 4.90 Å². The Labute approximate surface area is 141 Å². The van der Waals surface area contributed by atoms with Gasteiger partial charge in [-0.1, -0.05) is 54.7 Å². The van der Waals surface area contributed by atoms with Gasteiger partial charge in [0.05, 0.1) is 10.7 Å². The molecule has 0 aliphatic heterocycles. The quantitative estimate of drug-likeness (QED) is 0.730. The first-order valence-electron chi connectivity index (χ1n) is 6.99. The molecule has 0 amide bonds. The molecule has 22 heavy (non-hydrogen) atoms. The van der Waals surface area contributed by atoms with Gasteiger partial charge < -0.3 is 0 Å². The molecule has 118 valence electrons. The maximum absolute atomic E-state index is 13.0. The van der Waals surface area contributed by atoms with Crippen molar-refractivity contribution < 1.29 is 8.42 Å². The van der Waals surface area contributed by atoms with Gasteiger partial charge in [-0.15, -0.1) is 0 Å². The SMILES string of the molecule is CCCCN(c1ccccc1)S(=O)(=O)c1ccc(Cl)cc1Cl. The molecule has 3 nitrogen and oxygen atoms in total. The molecule has 0 unspecified atom stereocenters. The molecule has 0 aliphatic rings. The molecule has 0 N–H and O–H groups in total. The highest BCUT2D eigenvalue weighted by Gasteiger charge is 2.26. The predicted molar refractivity (Wildman–Crippen MR) is 92.3 cm³/mol. The van der Waals surface area contributed by atoms with Gasteiger partial charge in [-0.25, -0.2) is 8.42 Å². The second-order valence-electron chi connectivity index (χ2n) is 4.84. The molecule has 2 aromatic carbocycles. The first-order chi connectivity index (χ1) is 10.5. The fraction of sp³-hybridized carbons (Fsp3) is 0.250. The van der Waals surface area contributed by atoms with Crippen LogP contribution in [-0.4, -0.2) is 15.0 Å². The summed E-state index contributed by atoms with van der Waals surface area (Å²) in [6.45, 7) is 2.42. The van der Waals surface area contributed by atoms with Gasteiger partial charge in [0, 0.05) is 11.6 Å². The van der Waals surface area contributed by atoms with E-state index in [2.05, 4.69) is 0 Å². The lowest BCUT2D eigenvalue weighted by Gasteiger charge is -2.25. The van der Waals surface area contributed by atoms with Crippen molar-refractivity contribution in [3.05, 3.63) is 58.6 Å². The number of benzene rings is 2. The Kier molecular flexibility index (Phi) is 5.73. The third kappa shape index (κ3) is 3.75. The molecule has 0 atom stereocenters. The molecular weight excluding hydrogens is 341 g/mol. The lowest BCUT2D eigenvalue weighted by atomic mass is 10.3. The van der Waals surface area contributed by atoms with Crippen LogP contribution in [0.15, 0.2) is 53.4 Å². The topological polar surface area (TPSA) is 37.4 Å². The molecule has 0 spiro atoms. The molecule has 6 heteroatoms. The van der Waals surface area contributed by atoms with Crippen molar-refractivity contribution in [1.29, 1.82) is 0 Å². The van der Waals surface area contributed by atoms with Gasteiger partial charge >= 0.3 is 0 Å². The summed E-state index contributed by atoms with van der Waals surface area (Å²) in [5.41, 5.74) is 0.627. The van der Waals surface area contributed by atoms with Crippen molar-refractivity contribution in [2.24, 2.45) is 0 Å². The van der Waals surface area contributed by atoms with Crippen molar-refractivity contribution in [2.75, 3.05) is 10.8 Å². The van der Waals surface area contributed by atoms with Gasteiger partial charge in [0.15, 0.2) is 0 Å². The minimum Gasteiger partial charge on any atom is -0.266 e. The van der Waals surface area contributed by atoms with Crippen LogP contribution in [0, 0.1) is 0 Å². The molecule has 2 aromatic rings. The Morgan fingerprint density at radius 3 is 2.32 bits per heavy atom. The third-order valence-electron chi connectivity index (χ3n) is 3.22. The minimum atomic E-state index is -3.73. The average molecular weight is 358 g/mol. The van der Waals surface area contributed by atoms with Gasteiger partial charge in [-0.3, -0.25) is 4.31 Å². The molecular formula is C16H17Cl2NO2S. The van der Waals surface area contributed by atoms with Crippen LogP contribution in [0.5, 0.6) is 0 Å². The number of nitrogens with zero attached hydrogens (tertiary/aromatic N) is 1. The van der Waals surface area contributed by atoms with Crippen LogP contribution in [0.3, 0.4) is 0 Å². The molecule has 0 aliphatic carbocycles. The molecule has 0 saturated heterocycles. The van der Waals surface area contributed by atoms with Crippen molar-refractivity contribution in [2.45, 2.75) is 24.7 Å². The van der Waals surface area contributed by atoms with Gasteiger partial charge in [0.2, 0.25) is 0 Å². The summed E-state index contributed by atoms with van der Waals surface area (Å²) < 4.78 is 27.3. The van der Waals surface area contributed by atoms with Gasteiger partial charge in [-0.05, 0) is 36.8 Å². The van der Waals surface area contributed by atoms with Crippen molar-refractivity contribution in [3.8, 4) is 0 Å². The normalized spacial score (nSPS) is 11.4. The molecule has 0 heterocycles. The predicted octanol–water partition coefficient (Wildman–Crippen LogP) is 4.99. The average Bonchev–Trinajstić information content (AvgIpc) is 2.48. The van der Waals surface area contributed by atoms with Crippen LogP contribution >= 0.6 is 23.2 Å². The fourth-order valence-electron chi connectivity index (χ4n) is 2.09. The molecule has 2 rings (SSSR count). The van der Waals surface area contributed by atoms with Crippen LogP contribution in [0.2, 0.25) is 10.0 Å². The van der Waals surface area contributed by atoms with Crippen molar-refractivity contribution in [1.82, 2.24) is 0 Å². The van der Waals surface area contributed by atoms with E-state index < -0.39 is 10.0 Å². The van der Waals surface area contributed by atoms with Crippen LogP contribution < -0.4 is 4.31 Å². The van der Waals surface area contributed by atoms with E-state index in [1.54, 1.807) is 12.1 Å². The molecule has 0 saturated carbocycles. The Bertz CT molecular complexity index is 733. The van der Waals surface area contributed by atoms with Gasteiger partial charge in [-0.2, -0.15) is 0 Å². The first-order valence-corrected chi connectivity index (χ1v) is 9.19. The number of sulfonamides is 1. The van der Waals surface area contributed by atoms with E-state index in [4.69, 9.17) is 23.2 Å². The lowest BCUT2D eigenvalue weighted by Crippen LogP contribution is -2.32. The summed E-state index contributed by atoms with van der Waals surface area (Å²) in [6.07, 6.45) is 1.66. The monoisotopic (exact) mass is 357 g/mol. The van der Waals surface area contributed by atoms with E-state index in [-0.39, 0.29) is 9.92 Å². The number of halogens is 2. The molecule has 0 radical (unpaired) electrons. The summed E-state index contributed by atoms with van der Waals surface area (Å²) in [7, 11) is -3.73. The molecule has 0 fully saturated rings. The van der Waals surface area contributed by atoms with Crippen molar-refractivity contribution >= 4 is 38.9 Å². The van der Waals surface area contributed by atoms with Crippen LogP contribution in [-0.2, 0) is 10.0 Å². The number of anilines is 1. The van der Waals surface area contributed by atoms with E-state index in [1.165, 1.54) is 22.5 Å². The van der Waals surface area contributed by atoms with E-state index >= 15 is 0 Å². The Balaban J connectivity index is 2.49. The highest BCUT2D eigenvalue weighted by Crippen LogP contribution is 2.30. The summed E-state index contributed by atoms with van der Waals surface area (Å²) in [5.74, 6) is 0. The zero-order valence-electron chi connectivity index (χ0n) is 12.2. The Morgan fingerprint density at radius 1 is 1.05 bits per heavy atom. The zero-order chi connectivity index (χ0) is 16.2. The smallest absolute Gasteiger partial charge is 0.265 e. The number of hydrogen-bond donors (Lipinski definition) is 0. The minimum absolute atomic E-state index is 0.0681. The summed E-state index contributed by atoms with van der Waals surface area (Å²) >= 11 is 11.9. The summed E-state index contributed by atoms with van der Waals surface area (Å²) in [6, 6.07) is 13.4. The van der Waals surface area contributed by atoms with Gasteiger partial charge in [0.25, 0.3) is 10.0 Å². The standard InChI is InChI=1S/C16H17Cl2NO2S/c1-2-3-11-19(14-7-5-4-6-8-14)22(20,21)16-10-9-13(17)12-15(16)18/h4-10,12H,2-3,11H2,1H3. The maximum Gasteiger partial charge on any atom is 0.265 e. The molecule has 0 aromatic heterocycles. The van der Waals surface area contributed by atoms with Crippen LogP contribution in [0.1, 0.15) is 19.8 Å². The second kappa shape index (κ2) is 7.36. The Hall–Kier alpha value is -1.23. The third-order valence-corrected chi connectivity index (χ3v) is 5.77.